The summed E-state index contributed by atoms with van der Waals surface area (Å²) in [6, 6.07) is 5.32. The summed E-state index contributed by atoms with van der Waals surface area (Å²) in [7, 11) is 1.82. The molecule has 3 rings (SSSR count). The molecule has 122 valence electrons. The lowest BCUT2D eigenvalue weighted by Gasteiger charge is -2.08. The zero-order valence-corrected chi connectivity index (χ0v) is 12.5. The first kappa shape index (κ1) is 15.3. The van der Waals surface area contributed by atoms with Crippen molar-refractivity contribution in [3.63, 3.8) is 0 Å². The van der Waals surface area contributed by atoms with E-state index in [1.54, 1.807) is 23.2 Å². The molecular weight excluding hydrogens is 316 g/mol. The summed E-state index contributed by atoms with van der Waals surface area (Å²) in [4.78, 5) is 29.1. The third-order valence-electron chi connectivity index (χ3n) is 3.55. The van der Waals surface area contributed by atoms with Gasteiger partial charge in [-0.2, -0.15) is 0 Å². The highest BCUT2D eigenvalue weighted by Gasteiger charge is 2.19. The van der Waals surface area contributed by atoms with Gasteiger partial charge in [-0.15, -0.1) is 0 Å². The van der Waals surface area contributed by atoms with Crippen LogP contribution in [0.4, 0.5) is 17.2 Å². The van der Waals surface area contributed by atoms with Crippen LogP contribution in [-0.4, -0.2) is 24.4 Å². The molecular formula is C14H12N6O4. The van der Waals surface area contributed by atoms with Gasteiger partial charge in [0.2, 0.25) is 0 Å². The van der Waals surface area contributed by atoms with E-state index in [-0.39, 0.29) is 17.9 Å². The number of pyridine rings is 1. The summed E-state index contributed by atoms with van der Waals surface area (Å²) in [5.74, 6) is 0.528. The number of nitrogens with one attached hydrogen (secondary N) is 1. The number of nitro benzene ring substituents is 2. The zero-order valence-electron chi connectivity index (χ0n) is 12.5. The molecule has 0 aliphatic rings. The van der Waals surface area contributed by atoms with E-state index in [4.69, 9.17) is 0 Å². The summed E-state index contributed by atoms with van der Waals surface area (Å²) in [6.07, 6.45) is 3.23. The Bertz CT molecular complexity index is 952. The van der Waals surface area contributed by atoms with Gasteiger partial charge in [0.1, 0.15) is 5.52 Å². The minimum atomic E-state index is -0.665. The molecule has 0 amide bonds. The summed E-state index contributed by atoms with van der Waals surface area (Å²) < 4.78 is 1.79. The Kier molecular flexibility index (Phi) is 3.78. The fourth-order valence-electron chi connectivity index (χ4n) is 2.40. The Morgan fingerprint density at radius 1 is 1.17 bits per heavy atom. The van der Waals surface area contributed by atoms with Crippen LogP contribution in [-0.2, 0) is 13.6 Å². The Hall–Kier alpha value is -3.56. The maximum atomic E-state index is 11.2. The summed E-state index contributed by atoms with van der Waals surface area (Å²) >= 11 is 0. The fourth-order valence-corrected chi connectivity index (χ4v) is 2.40. The van der Waals surface area contributed by atoms with E-state index in [0.717, 1.165) is 17.1 Å². The van der Waals surface area contributed by atoms with Crippen molar-refractivity contribution in [2.45, 2.75) is 6.54 Å². The molecule has 0 aliphatic heterocycles. The molecule has 24 heavy (non-hydrogen) atoms. The molecule has 1 aromatic carbocycles. The quantitative estimate of drug-likeness (QED) is 0.562. The molecule has 0 unspecified atom stereocenters. The van der Waals surface area contributed by atoms with E-state index in [2.05, 4.69) is 15.3 Å². The number of fused-ring (bicyclic) bond motifs is 1. The summed E-state index contributed by atoms with van der Waals surface area (Å²) in [5.41, 5.74) is 1.20. The minimum Gasteiger partial charge on any atom is -0.364 e. The maximum Gasteiger partial charge on any atom is 0.281 e. The second-order valence-corrected chi connectivity index (χ2v) is 5.06. The van der Waals surface area contributed by atoms with Crippen molar-refractivity contribution in [3.05, 3.63) is 62.6 Å². The van der Waals surface area contributed by atoms with Crippen LogP contribution >= 0.6 is 0 Å². The van der Waals surface area contributed by atoms with Gasteiger partial charge < -0.3 is 9.88 Å². The first-order valence-electron chi connectivity index (χ1n) is 6.89. The number of nitrogens with zero attached hydrogens (tertiary/aromatic N) is 5. The zero-order chi connectivity index (χ0) is 17.3. The highest BCUT2D eigenvalue weighted by atomic mass is 16.6. The summed E-state index contributed by atoms with van der Waals surface area (Å²) in [5, 5.41) is 25.0. The van der Waals surface area contributed by atoms with Crippen molar-refractivity contribution in [1.29, 1.82) is 0 Å². The van der Waals surface area contributed by atoms with E-state index in [1.165, 1.54) is 12.1 Å². The van der Waals surface area contributed by atoms with E-state index < -0.39 is 9.85 Å². The van der Waals surface area contributed by atoms with Gasteiger partial charge in [0.15, 0.2) is 5.82 Å². The molecule has 0 bridgehead atoms. The number of hydrogen-bond acceptors (Lipinski definition) is 7. The third-order valence-corrected chi connectivity index (χ3v) is 3.55. The smallest absolute Gasteiger partial charge is 0.281 e. The van der Waals surface area contributed by atoms with Crippen LogP contribution in [0.25, 0.3) is 11.0 Å². The van der Waals surface area contributed by atoms with Crippen LogP contribution < -0.4 is 5.32 Å². The number of non-ortho nitro benzene ring substituents is 1. The van der Waals surface area contributed by atoms with Crippen molar-refractivity contribution in [2.24, 2.45) is 7.05 Å². The molecule has 0 spiro atoms. The van der Waals surface area contributed by atoms with Crippen LogP contribution in [0.2, 0.25) is 0 Å². The number of hydrogen-bond donors (Lipinski definition) is 1. The van der Waals surface area contributed by atoms with Gasteiger partial charge >= 0.3 is 0 Å². The van der Waals surface area contributed by atoms with Crippen LogP contribution in [0.3, 0.4) is 0 Å². The Balaban J connectivity index is 1.92. The monoisotopic (exact) mass is 328 g/mol. The van der Waals surface area contributed by atoms with Crippen molar-refractivity contribution in [3.8, 4) is 0 Å². The standard InChI is InChI=1S/C14H12N6O4/c1-18-8-17-11-4-5-15-14(13(11)18)16-7-9-2-3-10(19(21)22)6-12(9)20(23)24/h2-6,8H,7H2,1H3,(H,15,16). The van der Waals surface area contributed by atoms with E-state index in [1.807, 2.05) is 7.05 Å². The van der Waals surface area contributed by atoms with Crippen LogP contribution in [0.5, 0.6) is 0 Å². The third kappa shape index (κ3) is 2.72. The first-order valence-corrected chi connectivity index (χ1v) is 6.89. The fraction of sp³-hybridized carbons (Fsp3) is 0.143. The molecule has 0 aliphatic carbocycles. The molecule has 1 N–H and O–H groups in total. The molecule has 0 saturated heterocycles. The summed E-state index contributed by atoms with van der Waals surface area (Å²) in [6.45, 7) is 0.103. The largest absolute Gasteiger partial charge is 0.364 e. The Morgan fingerprint density at radius 2 is 1.96 bits per heavy atom. The average Bonchev–Trinajstić information content (AvgIpc) is 2.94. The van der Waals surface area contributed by atoms with Gasteiger partial charge in [0.05, 0.1) is 27.8 Å². The average molecular weight is 328 g/mol. The van der Waals surface area contributed by atoms with Crippen LogP contribution in [0, 0.1) is 20.2 Å². The normalized spacial score (nSPS) is 10.7. The first-order chi connectivity index (χ1) is 11.5. The van der Waals surface area contributed by atoms with Crippen LogP contribution in [0.15, 0.2) is 36.8 Å². The number of rotatable bonds is 5. The molecule has 0 radical (unpaired) electrons. The van der Waals surface area contributed by atoms with Gasteiger partial charge in [0, 0.05) is 31.4 Å². The molecule has 2 heterocycles. The van der Waals surface area contributed by atoms with Gasteiger partial charge in [-0.25, -0.2) is 9.97 Å². The van der Waals surface area contributed by atoms with Crippen molar-refractivity contribution in [2.75, 3.05) is 5.32 Å². The molecule has 2 aromatic heterocycles. The molecule has 10 heteroatoms. The molecule has 3 aromatic rings. The minimum absolute atomic E-state index is 0.103. The van der Waals surface area contributed by atoms with E-state index in [9.17, 15) is 20.2 Å². The predicted molar refractivity (Wildman–Crippen MR) is 85.6 cm³/mol. The number of aryl methyl sites for hydroxylation is 1. The van der Waals surface area contributed by atoms with Gasteiger partial charge in [-0.1, -0.05) is 0 Å². The molecule has 10 nitrogen and oxygen atoms in total. The van der Waals surface area contributed by atoms with Gasteiger partial charge in [-0.05, 0) is 12.1 Å². The Morgan fingerprint density at radius 3 is 2.67 bits per heavy atom. The topological polar surface area (TPSA) is 129 Å². The van der Waals surface area contributed by atoms with Crippen molar-refractivity contribution >= 4 is 28.2 Å². The van der Waals surface area contributed by atoms with Crippen LogP contribution in [0.1, 0.15) is 5.56 Å². The van der Waals surface area contributed by atoms with Gasteiger partial charge in [-0.3, -0.25) is 20.2 Å². The van der Waals surface area contributed by atoms with Crippen molar-refractivity contribution < 1.29 is 9.85 Å². The highest BCUT2D eigenvalue weighted by Crippen LogP contribution is 2.26. The second kappa shape index (κ2) is 5.91. The lowest BCUT2D eigenvalue weighted by Crippen LogP contribution is -2.06. The van der Waals surface area contributed by atoms with E-state index >= 15 is 0 Å². The van der Waals surface area contributed by atoms with E-state index in [0.29, 0.717) is 11.4 Å². The molecule has 0 atom stereocenters. The number of anilines is 1. The lowest BCUT2D eigenvalue weighted by molar-refractivity contribution is -0.394. The predicted octanol–water partition coefficient (Wildman–Crippen LogP) is 2.40. The number of benzene rings is 1. The number of imidazole rings is 1. The number of aromatic nitrogens is 3. The molecule has 0 saturated carbocycles. The highest BCUT2D eigenvalue weighted by molar-refractivity contribution is 5.85. The SMILES string of the molecule is Cn1cnc2ccnc(NCc3ccc([N+](=O)[O-])cc3[N+](=O)[O-])c21. The lowest BCUT2D eigenvalue weighted by atomic mass is 10.1. The second-order valence-electron chi connectivity index (χ2n) is 5.06. The van der Waals surface area contributed by atoms with Crippen molar-refractivity contribution in [1.82, 2.24) is 14.5 Å². The maximum absolute atomic E-state index is 11.2. The molecule has 0 fully saturated rings. The van der Waals surface area contributed by atoms with Gasteiger partial charge in [0.25, 0.3) is 11.4 Å². The number of nitro groups is 2. The Labute approximate surface area is 135 Å².